The van der Waals surface area contributed by atoms with Crippen LogP contribution in [0.5, 0.6) is 0 Å². The van der Waals surface area contributed by atoms with Crippen LogP contribution >= 0.6 is 35.2 Å². The fraction of sp³-hybridized carbons (Fsp3) is 0.474. The summed E-state index contributed by atoms with van der Waals surface area (Å²) < 4.78 is 5.68. The number of benzene rings is 1. The lowest BCUT2D eigenvalue weighted by Gasteiger charge is -2.10. The molecule has 1 aromatic carbocycles. The molecule has 7 heteroatoms. The van der Waals surface area contributed by atoms with Crippen molar-refractivity contribution in [2.45, 2.75) is 45.4 Å². The van der Waals surface area contributed by atoms with Crippen molar-refractivity contribution >= 4 is 62.0 Å². The van der Waals surface area contributed by atoms with Gasteiger partial charge in [0.1, 0.15) is 4.88 Å². The van der Waals surface area contributed by atoms with Crippen molar-refractivity contribution in [1.29, 1.82) is 0 Å². The first kappa shape index (κ1) is 20.9. The number of fused-ring (bicyclic) bond motifs is 1. The number of carbonyl (C=O) groups excluding carboxylic acids is 1. The molecule has 1 aromatic heterocycles. The van der Waals surface area contributed by atoms with Crippen LogP contribution in [0.2, 0.25) is 5.02 Å². The SMILES string of the molecule is CCCCCCCCNC(=S)Nc1ccc2c(Cl)c(C(=O)OC)sc2c1. The number of anilines is 1. The smallest absolute Gasteiger partial charge is 0.349 e. The van der Waals surface area contributed by atoms with E-state index in [0.717, 1.165) is 28.7 Å². The quantitative estimate of drug-likeness (QED) is 0.301. The number of unbranched alkanes of at least 4 members (excludes halogenated alkanes) is 5. The van der Waals surface area contributed by atoms with E-state index in [0.29, 0.717) is 15.0 Å². The molecule has 0 radical (unpaired) electrons. The Morgan fingerprint density at radius 1 is 1.23 bits per heavy atom. The molecule has 0 saturated carbocycles. The highest BCUT2D eigenvalue weighted by molar-refractivity contribution is 7.80. The molecule has 0 aliphatic carbocycles. The number of hydrogen-bond acceptors (Lipinski definition) is 4. The van der Waals surface area contributed by atoms with Gasteiger partial charge in [-0.3, -0.25) is 0 Å². The van der Waals surface area contributed by atoms with Gasteiger partial charge in [0.25, 0.3) is 0 Å². The molecule has 0 unspecified atom stereocenters. The van der Waals surface area contributed by atoms with Gasteiger partial charge in [-0.15, -0.1) is 11.3 Å². The van der Waals surface area contributed by atoms with Gasteiger partial charge in [0, 0.05) is 22.3 Å². The summed E-state index contributed by atoms with van der Waals surface area (Å²) in [4.78, 5) is 12.2. The zero-order chi connectivity index (χ0) is 18.9. The van der Waals surface area contributed by atoms with Crippen LogP contribution in [0.3, 0.4) is 0 Å². The molecule has 0 aliphatic heterocycles. The number of carbonyl (C=O) groups is 1. The number of esters is 1. The maximum Gasteiger partial charge on any atom is 0.349 e. The second-order valence-corrected chi connectivity index (χ2v) is 7.93. The van der Waals surface area contributed by atoms with Crippen LogP contribution in [0.4, 0.5) is 5.69 Å². The Morgan fingerprint density at radius 2 is 1.96 bits per heavy atom. The molecule has 0 saturated heterocycles. The topological polar surface area (TPSA) is 50.4 Å². The van der Waals surface area contributed by atoms with Crippen LogP contribution in [-0.4, -0.2) is 24.7 Å². The van der Waals surface area contributed by atoms with Crippen LogP contribution in [-0.2, 0) is 4.74 Å². The van der Waals surface area contributed by atoms with Crippen LogP contribution in [0.15, 0.2) is 18.2 Å². The summed E-state index contributed by atoms with van der Waals surface area (Å²) in [5.74, 6) is -0.415. The number of thiophene rings is 1. The molecular formula is C19H25ClN2O2S2. The molecule has 1 heterocycles. The highest BCUT2D eigenvalue weighted by atomic mass is 35.5. The van der Waals surface area contributed by atoms with E-state index >= 15 is 0 Å². The van der Waals surface area contributed by atoms with Crippen LogP contribution < -0.4 is 10.6 Å². The third kappa shape index (κ3) is 5.83. The van der Waals surface area contributed by atoms with Crippen molar-refractivity contribution in [3.05, 3.63) is 28.1 Å². The summed E-state index contributed by atoms with van der Waals surface area (Å²) in [7, 11) is 1.35. The van der Waals surface area contributed by atoms with Gasteiger partial charge in [-0.25, -0.2) is 4.79 Å². The maximum atomic E-state index is 11.8. The Morgan fingerprint density at radius 3 is 2.69 bits per heavy atom. The number of ether oxygens (including phenoxy) is 1. The highest BCUT2D eigenvalue weighted by Gasteiger charge is 2.17. The van der Waals surface area contributed by atoms with Crippen LogP contribution in [0.1, 0.15) is 55.1 Å². The van der Waals surface area contributed by atoms with Crippen LogP contribution in [0, 0.1) is 0 Å². The molecule has 0 bridgehead atoms. The van der Waals surface area contributed by atoms with E-state index in [1.807, 2.05) is 18.2 Å². The Balaban J connectivity index is 1.86. The Labute approximate surface area is 169 Å². The molecule has 142 valence electrons. The Bertz CT molecular complexity index is 761. The number of methoxy groups -OCH3 is 1. The van der Waals surface area contributed by atoms with E-state index < -0.39 is 5.97 Å². The number of hydrogen-bond donors (Lipinski definition) is 2. The minimum atomic E-state index is -0.415. The summed E-state index contributed by atoms with van der Waals surface area (Å²) in [5, 5.41) is 8.31. The maximum absolute atomic E-state index is 11.8. The molecule has 0 fully saturated rings. The number of nitrogens with one attached hydrogen (secondary N) is 2. The van der Waals surface area contributed by atoms with Crippen molar-refractivity contribution in [1.82, 2.24) is 5.32 Å². The molecule has 2 N–H and O–H groups in total. The second-order valence-electron chi connectivity index (χ2n) is 6.10. The predicted molar refractivity (Wildman–Crippen MR) is 116 cm³/mol. The predicted octanol–water partition coefficient (Wildman–Crippen LogP) is 5.99. The lowest BCUT2D eigenvalue weighted by molar-refractivity contribution is 0.0606. The fourth-order valence-corrected chi connectivity index (χ4v) is 4.34. The zero-order valence-corrected chi connectivity index (χ0v) is 17.6. The van der Waals surface area contributed by atoms with E-state index in [9.17, 15) is 4.79 Å². The van der Waals surface area contributed by atoms with Gasteiger partial charge in [-0.2, -0.15) is 0 Å². The lowest BCUT2D eigenvalue weighted by atomic mass is 10.1. The minimum absolute atomic E-state index is 0.415. The first-order chi connectivity index (χ1) is 12.6. The Hall–Kier alpha value is -1.37. The van der Waals surface area contributed by atoms with Gasteiger partial charge in [-0.1, -0.05) is 50.6 Å². The molecule has 26 heavy (non-hydrogen) atoms. The van der Waals surface area contributed by atoms with Gasteiger partial charge in [-0.05, 0) is 36.8 Å². The van der Waals surface area contributed by atoms with Gasteiger partial charge in [0.15, 0.2) is 5.11 Å². The summed E-state index contributed by atoms with van der Waals surface area (Å²) >= 11 is 12.9. The van der Waals surface area contributed by atoms with E-state index in [1.165, 1.54) is 50.6 Å². The average Bonchev–Trinajstić information content (AvgIpc) is 2.96. The summed E-state index contributed by atoms with van der Waals surface area (Å²) in [6.45, 7) is 3.10. The molecule has 0 spiro atoms. The molecule has 2 aromatic rings. The average molecular weight is 413 g/mol. The lowest BCUT2D eigenvalue weighted by Crippen LogP contribution is -2.29. The first-order valence-electron chi connectivity index (χ1n) is 8.92. The minimum Gasteiger partial charge on any atom is -0.465 e. The number of thiocarbonyl (C=S) groups is 1. The van der Waals surface area contributed by atoms with E-state index in [1.54, 1.807) is 0 Å². The third-order valence-electron chi connectivity index (χ3n) is 4.07. The van der Waals surface area contributed by atoms with E-state index in [2.05, 4.69) is 17.6 Å². The molecule has 0 aliphatic rings. The molecule has 0 atom stereocenters. The third-order valence-corrected chi connectivity index (χ3v) is 5.96. The van der Waals surface area contributed by atoms with Gasteiger partial charge in [0.05, 0.1) is 12.1 Å². The largest absolute Gasteiger partial charge is 0.465 e. The molecule has 2 rings (SSSR count). The monoisotopic (exact) mass is 412 g/mol. The zero-order valence-electron chi connectivity index (χ0n) is 15.2. The first-order valence-corrected chi connectivity index (χ1v) is 10.5. The van der Waals surface area contributed by atoms with Crippen molar-refractivity contribution < 1.29 is 9.53 Å². The van der Waals surface area contributed by atoms with Gasteiger partial charge >= 0.3 is 5.97 Å². The number of halogens is 1. The van der Waals surface area contributed by atoms with Crippen molar-refractivity contribution in [2.75, 3.05) is 19.0 Å². The highest BCUT2D eigenvalue weighted by Crippen LogP contribution is 2.37. The fourth-order valence-electron chi connectivity index (χ4n) is 2.65. The normalized spacial score (nSPS) is 10.7. The van der Waals surface area contributed by atoms with Gasteiger partial charge in [0.2, 0.25) is 0 Å². The van der Waals surface area contributed by atoms with E-state index in [4.69, 9.17) is 28.6 Å². The second kappa shape index (κ2) is 10.7. The summed E-state index contributed by atoms with van der Waals surface area (Å²) in [5.41, 5.74) is 0.868. The van der Waals surface area contributed by atoms with E-state index in [-0.39, 0.29) is 0 Å². The summed E-state index contributed by atoms with van der Waals surface area (Å²) in [6.07, 6.45) is 7.54. The molecule has 4 nitrogen and oxygen atoms in total. The van der Waals surface area contributed by atoms with Gasteiger partial charge < -0.3 is 15.4 Å². The van der Waals surface area contributed by atoms with Crippen molar-refractivity contribution in [3.8, 4) is 0 Å². The molecule has 0 amide bonds. The number of rotatable bonds is 9. The van der Waals surface area contributed by atoms with Crippen molar-refractivity contribution in [3.63, 3.8) is 0 Å². The molecular weight excluding hydrogens is 388 g/mol. The summed E-state index contributed by atoms with van der Waals surface area (Å²) in [6, 6.07) is 5.73. The standard InChI is InChI=1S/C19H25ClN2O2S2/c1-3-4-5-6-7-8-11-21-19(25)22-13-9-10-14-15(12-13)26-17(16(14)20)18(23)24-2/h9-10,12H,3-8,11H2,1-2H3,(H2,21,22,25). The Kier molecular flexibility index (Phi) is 8.62. The van der Waals surface area contributed by atoms with Crippen LogP contribution in [0.25, 0.3) is 10.1 Å². The van der Waals surface area contributed by atoms with Crippen molar-refractivity contribution in [2.24, 2.45) is 0 Å².